The van der Waals surface area contributed by atoms with Crippen molar-refractivity contribution < 1.29 is 9.32 Å². The zero-order valence-electron chi connectivity index (χ0n) is 17.6. The van der Waals surface area contributed by atoms with E-state index in [0.29, 0.717) is 17.5 Å². The van der Waals surface area contributed by atoms with E-state index in [1.54, 1.807) is 12.5 Å². The second-order valence-electron chi connectivity index (χ2n) is 8.35. The van der Waals surface area contributed by atoms with Crippen molar-refractivity contribution in [3.63, 3.8) is 0 Å². The van der Waals surface area contributed by atoms with E-state index in [-0.39, 0.29) is 23.9 Å². The Morgan fingerprint density at radius 2 is 1.90 bits per heavy atom. The number of aromatic nitrogens is 7. The van der Waals surface area contributed by atoms with E-state index in [0.717, 1.165) is 44.6 Å². The van der Waals surface area contributed by atoms with Gasteiger partial charge in [0.2, 0.25) is 0 Å². The number of carbonyl (C=O) groups is 1. The lowest BCUT2D eigenvalue weighted by Crippen LogP contribution is -2.48. The lowest BCUT2D eigenvalue weighted by molar-refractivity contribution is 0.0623. The van der Waals surface area contributed by atoms with Gasteiger partial charge in [-0.25, -0.2) is 19.6 Å². The zero-order valence-corrected chi connectivity index (χ0v) is 17.6. The molecule has 3 aromatic rings. The maximum Gasteiger partial charge on any atom is 0.324 e. The number of hydrogen-bond acceptors (Lipinski definition) is 9. The molecule has 0 aromatic carbocycles. The molecule has 0 bridgehead atoms. The van der Waals surface area contributed by atoms with Gasteiger partial charge in [-0.1, -0.05) is 19.0 Å². The van der Waals surface area contributed by atoms with Crippen LogP contribution in [0.4, 0.5) is 6.01 Å². The van der Waals surface area contributed by atoms with Crippen LogP contribution < -0.4 is 4.90 Å². The molecule has 1 aliphatic heterocycles. The first-order chi connectivity index (χ1) is 15.1. The topological polar surface area (TPSA) is 119 Å². The van der Waals surface area contributed by atoms with E-state index in [1.807, 2.05) is 18.7 Å². The highest BCUT2D eigenvalue weighted by Gasteiger charge is 2.40. The van der Waals surface area contributed by atoms with Crippen LogP contribution in [0.15, 0.2) is 29.6 Å². The summed E-state index contributed by atoms with van der Waals surface area (Å²) in [6.45, 7) is 5.64. The molecule has 2 aliphatic rings. The van der Waals surface area contributed by atoms with E-state index >= 15 is 0 Å². The van der Waals surface area contributed by atoms with Crippen LogP contribution in [0.1, 0.15) is 61.8 Å². The number of piperidine rings is 1. The Balaban J connectivity index is 1.26. The Labute approximate surface area is 179 Å². The molecule has 0 radical (unpaired) electrons. The minimum atomic E-state index is -0.0570. The van der Waals surface area contributed by atoms with Gasteiger partial charge in [-0.3, -0.25) is 4.79 Å². The minimum Gasteiger partial charge on any atom is -0.331 e. The Kier molecular flexibility index (Phi) is 5.08. The van der Waals surface area contributed by atoms with Gasteiger partial charge in [0.15, 0.2) is 11.6 Å². The van der Waals surface area contributed by atoms with Gasteiger partial charge in [0, 0.05) is 31.1 Å². The monoisotopic (exact) mass is 423 g/mol. The molecular weight excluding hydrogens is 398 g/mol. The molecule has 11 heteroatoms. The molecule has 162 valence electrons. The second-order valence-corrected chi connectivity index (χ2v) is 8.35. The predicted molar refractivity (Wildman–Crippen MR) is 110 cm³/mol. The van der Waals surface area contributed by atoms with Crippen molar-refractivity contribution in [1.82, 2.24) is 39.8 Å². The summed E-state index contributed by atoms with van der Waals surface area (Å²) in [5.74, 6) is 1.43. The fourth-order valence-electron chi connectivity index (χ4n) is 3.92. The van der Waals surface area contributed by atoms with Gasteiger partial charge in [0.1, 0.15) is 18.3 Å². The van der Waals surface area contributed by atoms with Crippen LogP contribution in [0.25, 0.3) is 5.82 Å². The van der Waals surface area contributed by atoms with E-state index in [2.05, 4.69) is 35.1 Å². The summed E-state index contributed by atoms with van der Waals surface area (Å²) in [5.41, 5.74) is 0.358. The van der Waals surface area contributed by atoms with Crippen LogP contribution in [-0.2, 0) is 0 Å². The third-order valence-corrected chi connectivity index (χ3v) is 5.76. The van der Waals surface area contributed by atoms with Crippen molar-refractivity contribution in [2.75, 3.05) is 18.0 Å². The molecule has 4 heterocycles. The molecule has 0 unspecified atom stereocenters. The molecule has 11 nitrogen and oxygen atoms in total. The maximum atomic E-state index is 13.3. The summed E-state index contributed by atoms with van der Waals surface area (Å²) in [6, 6.07) is 1.03. The van der Waals surface area contributed by atoms with E-state index < -0.39 is 0 Å². The highest BCUT2D eigenvalue weighted by molar-refractivity contribution is 5.92. The van der Waals surface area contributed by atoms with Crippen LogP contribution in [0, 0.1) is 0 Å². The SMILES string of the molecule is CC(C)c1noc(N2CCC(N(C(=O)c3cnc(-n4cncn4)cn3)C3CC3)CC2)n1. The number of nitrogens with zero attached hydrogens (tertiary/aromatic N) is 9. The number of hydrogen-bond donors (Lipinski definition) is 0. The summed E-state index contributed by atoms with van der Waals surface area (Å²) in [4.78, 5) is 34.5. The molecule has 1 saturated carbocycles. The van der Waals surface area contributed by atoms with Crippen molar-refractivity contribution in [2.24, 2.45) is 0 Å². The fraction of sp³-hybridized carbons (Fsp3) is 0.550. The molecule has 0 atom stereocenters. The van der Waals surface area contributed by atoms with E-state index in [4.69, 9.17) is 4.52 Å². The van der Waals surface area contributed by atoms with Crippen molar-refractivity contribution in [2.45, 2.75) is 57.5 Å². The van der Waals surface area contributed by atoms with Crippen LogP contribution in [0.3, 0.4) is 0 Å². The molecule has 0 spiro atoms. The second kappa shape index (κ2) is 8.05. The molecule has 5 rings (SSSR count). The summed E-state index contributed by atoms with van der Waals surface area (Å²) in [6.07, 6.45) is 9.84. The molecule has 31 heavy (non-hydrogen) atoms. The summed E-state index contributed by atoms with van der Waals surface area (Å²) in [5, 5.41) is 8.10. The normalized spacial score (nSPS) is 17.3. The van der Waals surface area contributed by atoms with E-state index in [1.165, 1.54) is 17.2 Å². The minimum absolute atomic E-state index is 0.0570. The number of anilines is 1. The lowest BCUT2D eigenvalue weighted by Gasteiger charge is -2.38. The van der Waals surface area contributed by atoms with Gasteiger partial charge in [-0.2, -0.15) is 10.1 Å². The molecule has 1 saturated heterocycles. The summed E-state index contributed by atoms with van der Waals surface area (Å²) in [7, 11) is 0. The average molecular weight is 423 g/mol. The first kappa shape index (κ1) is 19.6. The average Bonchev–Trinajstić information content (AvgIpc) is 3.27. The van der Waals surface area contributed by atoms with Crippen LogP contribution in [-0.4, -0.2) is 70.9 Å². The van der Waals surface area contributed by atoms with Crippen molar-refractivity contribution in [3.8, 4) is 5.82 Å². The molecule has 2 fully saturated rings. The van der Waals surface area contributed by atoms with E-state index in [9.17, 15) is 4.79 Å². The molecule has 0 N–H and O–H groups in total. The van der Waals surface area contributed by atoms with Gasteiger partial charge in [-0.05, 0) is 25.7 Å². The van der Waals surface area contributed by atoms with Crippen LogP contribution in [0.2, 0.25) is 0 Å². The van der Waals surface area contributed by atoms with Gasteiger partial charge < -0.3 is 14.3 Å². The van der Waals surface area contributed by atoms with Gasteiger partial charge in [0.05, 0.1) is 12.4 Å². The highest BCUT2D eigenvalue weighted by Crippen LogP contribution is 2.33. The van der Waals surface area contributed by atoms with Crippen molar-refractivity contribution in [3.05, 3.63) is 36.6 Å². The van der Waals surface area contributed by atoms with Gasteiger partial charge >= 0.3 is 6.01 Å². The number of carbonyl (C=O) groups excluding carboxylic acids is 1. The molecule has 1 amide bonds. The first-order valence-corrected chi connectivity index (χ1v) is 10.7. The Bertz CT molecular complexity index is 1020. The quantitative estimate of drug-likeness (QED) is 0.585. The van der Waals surface area contributed by atoms with Crippen molar-refractivity contribution in [1.29, 1.82) is 0 Å². The summed E-state index contributed by atoms with van der Waals surface area (Å²) < 4.78 is 6.95. The third kappa shape index (κ3) is 3.99. The Hall–Kier alpha value is -3.37. The zero-order chi connectivity index (χ0) is 21.4. The standard InChI is InChI=1S/C20H25N9O2/c1-13(2)18-25-20(31-26-18)27-7-5-15(6-8-27)29(14-3-4-14)19(30)16-9-23-17(10-22-16)28-12-21-11-24-28/h9-15H,3-8H2,1-2H3. The molecule has 3 aromatic heterocycles. The lowest BCUT2D eigenvalue weighted by atomic mass is 10.0. The van der Waals surface area contributed by atoms with Crippen LogP contribution >= 0.6 is 0 Å². The Morgan fingerprint density at radius 3 is 2.48 bits per heavy atom. The van der Waals surface area contributed by atoms with Crippen molar-refractivity contribution >= 4 is 11.9 Å². The third-order valence-electron chi connectivity index (χ3n) is 5.76. The fourth-order valence-corrected chi connectivity index (χ4v) is 3.92. The largest absolute Gasteiger partial charge is 0.331 e. The number of amides is 1. The van der Waals surface area contributed by atoms with Gasteiger partial charge in [-0.15, -0.1) is 0 Å². The van der Waals surface area contributed by atoms with Gasteiger partial charge in [0.25, 0.3) is 5.91 Å². The molecular formula is C20H25N9O2. The first-order valence-electron chi connectivity index (χ1n) is 10.7. The smallest absolute Gasteiger partial charge is 0.324 e. The predicted octanol–water partition coefficient (Wildman–Crippen LogP) is 1.84. The maximum absolute atomic E-state index is 13.3. The molecule has 1 aliphatic carbocycles. The highest BCUT2D eigenvalue weighted by atomic mass is 16.5. The number of rotatable bonds is 6. The van der Waals surface area contributed by atoms with Crippen LogP contribution in [0.5, 0.6) is 0 Å². The summed E-state index contributed by atoms with van der Waals surface area (Å²) >= 11 is 0. The Morgan fingerprint density at radius 1 is 1.13 bits per heavy atom.